The number of hydrogen-bond acceptors (Lipinski definition) is 3. The van der Waals surface area contributed by atoms with Crippen LogP contribution in [0.15, 0.2) is 47.1 Å². The van der Waals surface area contributed by atoms with Crippen molar-refractivity contribution in [3.63, 3.8) is 0 Å². The quantitative estimate of drug-likeness (QED) is 0.833. The van der Waals surface area contributed by atoms with E-state index in [2.05, 4.69) is 5.32 Å². The van der Waals surface area contributed by atoms with Gasteiger partial charge in [0.05, 0.1) is 11.8 Å². The number of amides is 2. The second-order valence-corrected chi connectivity index (χ2v) is 6.56. The molecule has 0 saturated heterocycles. The third kappa shape index (κ3) is 4.69. The van der Waals surface area contributed by atoms with E-state index < -0.39 is 23.7 Å². The van der Waals surface area contributed by atoms with Gasteiger partial charge in [-0.05, 0) is 49.6 Å². The van der Waals surface area contributed by atoms with Crippen LogP contribution >= 0.6 is 0 Å². The molecule has 1 saturated carbocycles. The van der Waals surface area contributed by atoms with E-state index in [1.165, 1.54) is 24.5 Å². The Labute approximate surface area is 154 Å². The van der Waals surface area contributed by atoms with Gasteiger partial charge in [-0.15, -0.1) is 0 Å². The second kappa shape index (κ2) is 7.46. The minimum atomic E-state index is -4.39. The van der Waals surface area contributed by atoms with Crippen LogP contribution < -0.4 is 5.32 Å². The molecule has 1 aliphatic rings. The fourth-order valence-electron chi connectivity index (χ4n) is 2.76. The molecule has 5 nitrogen and oxygen atoms in total. The molecule has 1 heterocycles. The standard InChI is InChI=1S/C19H19F3N2O3/c1-12(23-17(25)16-3-2-10-27-16)18(26)24(15-8-9-15)11-13-4-6-14(7-5-13)19(20,21)22/h2-7,10,12,15H,8-9,11H2,1H3,(H,23,25). The van der Waals surface area contributed by atoms with Crippen molar-refractivity contribution in [2.75, 3.05) is 0 Å². The number of carbonyl (C=O) groups excluding carboxylic acids is 2. The number of furan rings is 1. The van der Waals surface area contributed by atoms with E-state index in [1.807, 2.05) is 0 Å². The summed E-state index contributed by atoms with van der Waals surface area (Å²) in [7, 11) is 0. The summed E-state index contributed by atoms with van der Waals surface area (Å²) in [6, 6.07) is 7.09. The average molecular weight is 380 g/mol. The van der Waals surface area contributed by atoms with Gasteiger partial charge in [0.25, 0.3) is 5.91 Å². The van der Waals surface area contributed by atoms with Crippen molar-refractivity contribution >= 4 is 11.8 Å². The van der Waals surface area contributed by atoms with Gasteiger partial charge in [-0.2, -0.15) is 13.2 Å². The largest absolute Gasteiger partial charge is 0.459 e. The summed E-state index contributed by atoms with van der Waals surface area (Å²) in [5.74, 6) is -0.668. The number of hydrogen-bond donors (Lipinski definition) is 1. The van der Waals surface area contributed by atoms with Crippen molar-refractivity contribution < 1.29 is 27.2 Å². The number of benzene rings is 1. The monoisotopic (exact) mass is 380 g/mol. The first-order chi connectivity index (χ1) is 12.8. The molecule has 1 aromatic carbocycles. The molecule has 2 amide bonds. The summed E-state index contributed by atoms with van der Waals surface area (Å²) in [6.45, 7) is 1.77. The molecule has 27 heavy (non-hydrogen) atoms. The summed E-state index contributed by atoms with van der Waals surface area (Å²) in [6.07, 6.45) is -1.35. The van der Waals surface area contributed by atoms with Crippen LogP contribution in [0.2, 0.25) is 0 Å². The topological polar surface area (TPSA) is 62.6 Å². The van der Waals surface area contributed by atoms with Crippen LogP contribution in [0.1, 0.15) is 41.4 Å². The van der Waals surface area contributed by atoms with E-state index in [-0.39, 0.29) is 24.3 Å². The molecule has 2 aromatic rings. The number of carbonyl (C=O) groups is 2. The first-order valence-electron chi connectivity index (χ1n) is 8.56. The van der Waals surface area contributed by atoms with Crippen LogP contribution in [0.3, 0.4) is 0 Å². The minimum Gasteiger partial charge on any atom is -0.459 e. The summed E-state index contributed by atoms with van der Waals surface area (Å²) >= 11 is 0. The molecule has 0 aliphatic heterocycles. The van der Waals surface area contributed by atoms with Gasteiger partial charge in [-0.1, -0.05) is 12.1 Å². The van der Waals surface area contributed by atoms with Crippen LogP contribution in [0.4, 0.5) is 13.2 Å². The maximum Gasteiger partial charge on any atom is 0.416 e. The Balaban J connectivity index is 1.66. The molecule has 1 aliphatic carbocycles. The molecule has 8 heteroatoms. The van der Waals surface area contributed by atoms with Crippen molar-refractivity contribution in [3.05, 3.63) is 59.5 Å². The SMILES string of the molecule is CC(NC(=O)c1ccco1)C(=O)N(Cc1ccc(C(F)(F)F)cc1)C1CC1. The number of nitrogens with zero attached hydrogens (tertiary/aromatic N) is 1. The summed E-state index contributed by atoms with van der Waals surface area (Å²) in [4.78, 5) is 26.4. The zero-order valence-electron chi connectivity index (χ0n) is 14.6. The van der Waals surface area contributed by atoms with E-state index in [4.69, 9.17) is 4.42 Å². The van der Waals surface area contributed by atoms with Crippen molar-refractivity contribution in [1.29, 1.82) is 0 Å². The van der Waals surface area contributed by atoms with Gasteiger partial charge in [-0.25, -0.2) is 0 Å². The fourth-order valence-corrected chi connectivity index (χ4v) is 2.76. The smallest absolute Gasteiger partial charge is 0.416 e. The van der Waals surface area contributed by atoms with Gasteiger partial charge >= 0.3 is 6.18 Å². The molecule has 1 N–H and O–H groups in total. The fraction of sp³-hybridized carbons (Fsp3) is 0.368. The molecule has 1 fully saturated rings. The molecule has 1 atom stereocenters. The maximum atomic E-state index is 12.8. The van der Waals surface area contributed by atoms with Crippen LogP contribution in [-0.4, -0.2) is 28.8 Å². The summed E-state index contributed by atoms with van der Waals surface area (Å²) in [5, 5.41) is 2.59. The molecule has 1 unspecified atom stereocenters. The zero-order valence-corrected chi connectivity index (χ0v) is 14.6. The minimum absolute atomic E-state index is 0.0442. The van der Waals surface area contributed by atoms with Gasteiger partial charge in [0.15, 0.2) is 5.76 Å². The van der Waals surface area contributed by atoms with Crippen LogP contribution in [0.5, 0.6) is 0 Å². The summed E-state index contributed by atoms with van der Waals surface area (Å²) < 4.78 is 43.0. The highest BCUT2D eigenvalue weighted by molar-refractivity contribution is 5.95. The molecule has 0 bridgehead atoms. The van der Waals surface area contributed by atoms with E-state index in [1.54, 1.807) is 17.9 Å². The molecular weight excluding hydrogens is 361 g/mol. The molecule has 144 valence electrons. The molecule has 3 rings (SSSR count). The first-order valence-corrected chi connectivity index (χ1v) is 8.56. The van der Waals surface area contributed by atoms with Gasteiger partial charge in [0, 0.05) is 12.6 Å². The number of nitrogens with one attached hydrogen (secondary N) is 1. The van der Waals surface area contributed by atoms with Gasteiger partial charge < -0.3 is 14.6 Å². The Kier molecular flexibility index (Phi) is 5.25. The van der Waals surface area contributed by atoms with Crippen molar-refractivity contribution in [2.45, 2.75) is 44.6 Å². The molecular formula is C19H19F3N2O3. The van der Waals surface area contributed by atoms with Crippen LogP contribution in [0, 0.1) is 0 Å². The second-order valence-electron chi connectivity index (χ2n) is 6.56. The molecule has 1 aromatic heterocycles. The van der Waals surface area contributed by atoms with Crippen molar-refractivity contribution in [2.24, 2.45) is 0 Å². The number of rotatable bonds is 6. The van der Waals surface area contributed by atoms with E-state index >= 15 is 0 Å². The zero-order chi connectivity index (χ0) is 19.6. The van der Waals surface area contributed by atoms with Crippen LogP contribution in [-0.2, 0) is 17.5 Å². The number of alkyl halides is 3. The van der Waals surface area contributed by atoms with Gasteiger partial charge in [0.1, 0.15) is 6.04 Å². The van der Waals surface area contributed by atoms with E-state index in [0.29, 0.717) is 5.56 Å². The third-order valence-electron chi connectivity index (χ3n) is 4.37. The van der Waals surface area contributed by atoms with Gasteiger partial charge in [-0.3, -0.25) is 9.59 Å². The molecule has 0 radical (unpaired) electrons. The lowest BCUT2D eigenvalue weighted by atomic mass is 10.1. The first kappa shape index (κ1) is 19.0. The Morgan fingerprint density at radius 2 is 1.89 bits per heavy atom. The van der Waals surface area contributed by atoms with Crippen molar-refractivity contribution in [1.82, 2.24) is 10.2 Å². The number of halogens is 3. The lowest BCUT2D eigenvalue weighted by Crippen LogP contribution is -2.47. The normalized spacial score (nSPS) is 15.3. The maximum absolute atomic E-state index is 12.8. The Hall–Kier alpha value is -2.77. The van der Waals surface area contributed by atoms with E-state index in [9.17, 15) is 22.8 Å². The third-order valence-corrected chi connectivity index (χ3v) is 4.37. The van der Waals surface area contributed by atoms with Crippen LogP contribution in [0.25, 0.3) is 0 Å². The highest BCUT2D eigenvalue weighted by atomic mass is 19.4. The average Bonchev–Trinajstić information content (AvgIpc) is 3.31. The van der Waals surface area contributed by atoms with E-state index in [0.717, 1.165) is 25.0 Å². The summed E-state index contributed by atoms with van der Waals surface area (Å²) in [5.41, 5.74) is -0.123. The lowest BCUT2D eigenvalue weighted by Gasteiger charge is -2.26. The predicted octanol–water partition coefficient (Wildman–Crippen LogP) is 3.61. The van der Waals surface area contributed by atoms with Gasteiger partial charge in [0.2, 0.25) is 5.91 Å². The Morgan fingerprint density at radius 1 is 1.22 bits per heavy atom. The lowest BCUT2D eigenvalue weighted by molar-refractivity contribution is -0.137. The molecule has 0 spiro atoms. The Morgan fingerprint density at radius 3 is 2.41 bits per heavy atom. The predicted molar refractivity (Wildman–Crippen MR) is 90.7 cm³/mol. The van der Waals surface area contributed by atoms with Crippen molar-refractivity contribution in [3.8, 4) is 0 Å². The highest BCUT2D eigenvalue weighted by Gasteiger charge is 2.35. The highest BCUT2D eigenvalue weighted by Crippen LogP contribution is 2.31. The Bertz CT molecular complexity index is 797.